The fourth-order valence-electron chi connectivity index (χ4n) is 3.76. The molecule has 1 heterocycles. The summed E-state index contributed by atoms with van der Waals surface area (Å²) in [7, 11) is 0. The van der Waals surface area contributed by atoms with Crippen molar-refractivity contribution in [3.8, 4) is 0 Å². The van der Waals surface area contributed by atoms with Crippen LogP contribution in [0.2, 0.25) is 0 Å². The molecule has 1 aliphatic heterocycles. The Morgan fingerprint density at radius 2 is 1.52 bits per heavy atom. The summed E-state index contributed by atoms with van der Waals surface area (Å²) in [5.74, 6) is -0.508. The maximum absolute atomic E-state index is 12.9. The molecule has 5 nitrogen and oxygen atoms in total. The summed E-state index contributed by atoms with van der Waals surface area (Å²) in [5.41, 5.74) is 8.73. The minimum Gasteiger partial charge on any atom is -0.334 e. The van der Waals surface area contributed by atoms with Crippen LogP contribution in [0.4, 0.5) is 0 Å². The van der Waals surface area contributed by atoms with Gasteiger partial charge in [0.05, 0.1) is 0 Å². The van der Waals surface area contributed by atoms with Crippen molar-refractivity contribution in [2.45, 2.75) is 32.9 Å². The Morgan fingerprint density at radius 3 is 2.16 bits per heavy atom. The number of carbonyl (C=O) groups excluding carboxylic acids is 2. The first-order valence-corrected chi connectivity index (χ1v) is 10.4. The van der Waals surface area contributed by atoms with Crippen LogP contribution in [0.25, 0.3) is 0 Å². The highest BCUT2D eigenvalue weighted by atomic mass is 16.2. The van der Waals surface area contributed by atoms with E-state index >= 15 is 0 Å². The van der Waals surface area contributed by atoms with Crippen LogP contribution in [0.5, 0.6) is 0 Å². The number of rotatable bonds is 4. The number of hydrazine groups is 1. The second-order valence-corrected chi connectivity index (χ2v) is 8.04. The third-order valence-electron chi connectivity index (χ3n) is 5.62. The number of hydrogen-bond acceptors (Lipinski definition) is 2. The van der Waals surface area contributed by atoms with Crippen molar-refractivity contribution >= 4 is 18.0 Å². The van der Waals surface area contributed by atoms with Gasteiger partial charge in [-0.15, -0.1) is 10.1 Å². The molecular weight excluding hydrogens is 386 g/mol. The highest BCUT2D eigenvalue weighted by Crippen LogP contribution is 2.26. The second kappa shape index (κ2) is 8.56. The summed E-state index contributed by atoms with van der Waals surface area (Å²) >= 11 is 0. The number of hydrazone groups is 1. The summed E-state index contributed by atoms with van der Waals surface area (Å²) in [5, 5.41) is 2.95. The molecule has 2 atom stereocenters. The minimum atomic E-state index is -0.725. The van der Waals surface area contributed by atoms with Gasteiger partial charge in [-0.2, -0.15) is 0 Å². The van der Waals surface area contributed by atoms with Crippen LogP contribution in [-0.4, -0.2) is 28.8 Å². The standard InChI is InChI=1S/C26H25N3O2/c1-17-8-12-20(13-9-17)24-23(27-25(30)21-14-10-18(2)11-15-21)26(31)28-29(24)16-22-7-5-4-6-19(22)3/h4-16,23-24H,1-3H3,(H-,27,28,30,31)/p+1/b29-16-/t23-,24-/m0/s1. The van der Waals surface area contributed by atoms with Crippen LogP contribution in [0, 0.1) is 20.8 Å². The van der Waals surface area contributed by atoms with E-state index in [9.17, 15) is 9.59 Å². The van der Waals surface area contributed by atoms with Crippen molar-refractivity contribution in [3.63, 3.8) is 0 Å². The normalized spacial score (nSPS) is 19.3. The zero-order valence-corrected chi connectivity index (χ0v) is 17.9. The van der Waals surface area contributed by atoms with E-state index in [1.165, 1.54) is 0 Å². The van der Waals surface area contributed by atoms with Crippen LogP contribution in [0.15, 0.2) is 72.8 Å². The summed E-state index contributed by atoms with van der Waals surface area (Å²) in [6, 6.07) is 22.3. The molecule has 2 N–H and O–H groups in total. The van der Waals surface area contributed by atoms with Crippen molar-refractivity contribution in [1.29, 1.82) is 0 Å². The number of aryl methyl sites for hydroxylation is 3. The van der Waals surface area contributed by atoms with E-state index in [4.69, 9.17) is 0 Å². The molecule has 0 saturated carbocycles. The molecule has 156 valence electrons. The third-order valence-corrected chi connectivity index (χ3v) is 5.62. The van der Waals surface area contributed by atoms with Crippen molar-refractivity contribution < 1.29 is 14.3 Å². The van der Waals surface area contributed by atoms with Gasteiger partial charge < -0.3 is 5.32 Å². The van der Waals surface area contributed by atoms with Crippen LogP contribution in [-0.2, 0) is 4.79 Å². The van der Waals surface area contributed by atoms with E-state index in [2.05, 4.69) is 10.7 Å². The summed E-state index contributed by atoms with van der Waals surface area (Å²) in [4.78, 5) is 25.8. The van der Waals surface area contributed by atoms with Crippen LogP contribution in [0.1, 0.15) is 44.2 Å². The lowest BCUT2D eigenvalue weighted by atomic mass is 9.98. The Labute approximate surface area is 182 Å². The molecule has 1 saturated heterocycles. The molecule has 3 aromatic rings. The van der Waals surface area contributed by atoms with Gasteiger partial charge in [0, 0.05) is 16.7 Å². The number of benzene rings is 3. The average molecular weight is 413 g/mol. The van der Waals surface area contributed by atoms with Gasteiger partial charge in [-0.05, 0) is 44.5 Å². The first kappa shape index (κ1) is 20.5. The average Bonchev–Trinajstić information content (AvgIpc) is 3.05. The fraction of sp³-hybridized carbons (Fsp3) is 0.192. The first-order valence-electron chi connectivity index (χ1n) is 10.4. The molecule has 4 rings (SSSR count). The minimum absolute atomic E-state index is 0.240. The van der Waals surface area contributed by atoms with E-state index in [1.807, 2.05) is 87.6 Å². The number of nitrogens with zero attached hydrogens (tertiary/aromatic N) is 1. The SMILES string of the molecule is Cc1ccc(C(=O)N[C@@H]2C(=O)N/[N+](=C\c3ccccc3C)[C@H]2c2ccc(C)cc2)cc1. The predicted octanol–water partition coefficient (Wildman–Crippen LogP) is 3.63. The number of amides is 2. The summed E-state index contributed by atoms with van der Waals surface area (Å²) in [6.07, 6.45) is 1.93. The second-order valence-electron chi connectivity index (χ2n) is 8.04. The van der Waals surface area contributed by atoms with Crippen LogP contribution < -0.4 is 10.7 Å². The number of nitrogens with one attached hydrogen (secondary N) is 2. The Hall–Kier alpha value is -3.73. The Balaban J connectivity index is 1.71. The van der Waals surface area contributed by atoms with Gasteiger partial charge in [0.1, 0.15) is 0 Å². The van der Waals surface area contributed by atoms with Gasteiger partial charge in [-0.3, -0.25) is 9.59 Å². The van der Waals surface area contributed by atoms with Gasteiger partial charge >= 0.3 is 5.91 Å². The predicted molar refractivity (Wildman–Crippen MR) is 121 cm³/mol. The van der Waals surface area contributed by atoms with Crippen LogP contribution in [0.3, 0.4) is 0 Å². The van der Waals surface area contributed by atoms with E-state index < -0.39 is 6.04 Å². The molecule has 2 amide bonds. The molecular formula is C26H26N3O2+. The lowest BCUT2D eigenvalue weighted by Crippen LogP contribution is -2.42. The van der Waals surface area contributed by atoms with Gasteiger partial charge in [-0.1, -0.05) is 65.7 Å². The zero-order chi connectivity index (χ0) is 22.0. The fourth-order valence-corrected chi connectivity index (χ4v) is 3.76. The van der Waals surface area contributed by atoms with E-state index in [1.54, 1.807) is 16.8 Å². The van der Waals surface area contributed by atoms with E-state index in [0.717, 1.165) is 27.8 Å². The number of hydrogen-bond donors (Lipinski definition) is 2. The topological polar surface area (TPSA) is 61.2 Å². The number of carbonyl (C=O) groups is 2. The molecule has 1 fully saturated rings. The highest BCUT2D eigenvalue weighted by molar-refractivity contribution is 5.98. The quantitative estimate of drug-likeness (QED) is 0.643. The van der Waals surface area contributed by atoms with Gasteiger partial charge in [-0.25, -0.2) is 0 Å². The molecule has 31 heavy (non-hydrogen) atoms. The largest absolute Gasteiger partial charge is 0.334 e. The highest BCUT2D eigenvalue weighted by Gasteiger charge is 2.47. The van der Waals surface area contributed by atoms with Crippen LogP contribution >= 0.6 is 0 Å². The van der Waals surface area contributed by atoms with Gasteiger partial charge in [0.2, 0.25) is 12.3 Å². The zero-order valence-electron chi connectivity index (χ0n) is 17.9. The molecule has 0 aromatic heterocycles. The van der Waals surface area contributed by atoms with E-state index in [0.29, 0.717) is 5.56 Å². The maximum Gasteiger partial charge on any atom is 0.304 e. The molecule has 0 spiro atoms. The summed E-state index contributed by atoms with van der Waals surface area (Å²) < 4.78 is 1.80. The first-order chi connectivity index (χ1) is 14.9. The molecule has 0 unspecified atom stereocenters. The monoisotopic (exact) mass is 412 g/mol. The summed E-state index contributed by atoms with van der Waals surface area (Å²) in [6.45, 7) is 6.02. The smallest absolute Gasteiger partial charge is 0.304 e. The van der Waals surface area contributed by atoms with Gasteiger partial charge in [0.15, 0.2) is 6.04 Å². The van der Waals surface area contributed by atoms with Crippen molar-refractivity contribution in [2.24, 2.45) is 0 Å². The molecule has 1 aliphatic rings. The molecule has 5 heteroatoms. The van der Waals surface area contributed by atoms with Crippen molar-refractivity contribution in [2.75, 3.05) is 0 Å². The Kier molecular flexibility index (Phi) is 5.67. The van der Waals surface area contributed by atoms with Crippen molar-refractivity contribution in [1.82, 2.24) is 10.7 Å². The molecule has 3 aromatic carbocycles. The lowest BCUT2D eigenvalue weighted by Gasteiger charge is -2.15. The Bertz CT molecular complexity index is 1150. The van der Waals surface area contributed by atoms with Gasteiger partial charge in [0.25, 0.3) is 5.91 Å². The third kappa shape index (κ3) is 4.40. The maximum atomic E-state index is 12.9. The molecule has 0 radical (unpaired) electrons. The lowest BCUT2D eigenvalue weighted by molar-refractivity contribution is -0.596. The van der Waals surface area contributed by atoms with Crippen molar-refractivity contribution in [3.05, 3.63) is 106 Å². The van der Waals surface area contributed by atoms with E-state index in [-0.39, 0.29) is 17.9 Å². The Morgan fingerprint density at radius 1 is 0.903 bits per heavy atom. The molecule has 0 bridgehead atoms. The molecule has 0 aliphatic carbocycles.